The topological polar surface area (TPSA) is 9.86 Å². The van der Waals surface area contributed by atoms with Crippen LogP contribution in [0.3, 0.4) is 0 Å². The van der Waals surface area contributed by atoms with Crippen molar-refractivity contribution in [2.45, 2.75) is 0 Å². The summed E-state index contributed by atoms with van der Waals surface area (Å²) in [6, 6.07) is 186. The minimum absolute atomic E-state index is 1.16. The molecule has 0 aliphatic heterocycles. The van der Waals surface area contributed by atoms with Crippen LogP contribution in [0.15, 0.2) is 497 Å². The van der Waals surface area contributed by atoms with Gasteiger partial charge in [0.15, 0.2) is 0 Å². The number of rotatable bonds is 8. The molecule has 2 heterocycles. The fraction of sp³-hybridized carbons (Fsp3) is 0. The molecule has 0 radical (unpaired) electrons. The van der Waals surface area contributed by atoms with E-state index in [0.29, 0.717) is 0 Å². The van der Waals surface area contributed by atoms with Crippen LogP contribution >= 0.6 is 0 Å². The fourth-order valence-electron chi connectivity index (χ4n) is 23.7. The van der Waals surface area contributed by atoms with Gasteiger partial charge in [-0.25, -0.2) is 0 Å². The summed E-state index contributed by atoms with van der Waals surface area (Å²) in [7, 11) is 0. The lowest BCUT2D eigenvalue weighted by Gasteiger charge is -2.19. The molecule has 30 aromatic rings. The van der Waals surface area contributed by atoms with E-state index >= 15 is 0 Å². The van der Waals surface area contributed by atoms with Crippen molar-refractivity contribution in [3.8, 4) is 78.1 Å². The molecule has 0 bridgehead atoms. The Kier molecular flexibility index (Phi) is 17.3. The number of aromatic nitrogens is 2. The van der Waals surface area contributed by atoms with Crippen molar-refractivity contribution in [3.63, 3.8) is 0 Å². The Hall–Kier alpha value is -18.1. The zero-order valence-corrected chi connectivity index (χ0v) is 75.2. The monoisotopic (exact) mass is 1740 g/mol. The van der Waals surface area contributed by atoms with Crippen LogP contribution in [-0.4, -0.2) is 9.13 Å². The second-order valence-corrected chi connectivity index (χ2v) is 37.6. The molecule has 0 atom stereocenters. The van der Waals surface area contributed by atoms with Crippen LogP contribution in [0.4, 0.5) is 0 Å². The lowest BCUT2D eigenvalue weighted by molar-refractivity contribution is 1.19. The van der Waals surface area contributed by atoms with Crippen LogP contribution in [-0.2, 0) is 0 Å². The molecule has 636 valence electrons. The third-order valence-electron chi connectivity index (χ3n) is 30.0. The summed E-state index contributed by atoms with van der Waals surface area (Å²) < 4.78 is 4.94. The second-order valence-electron chi connectivity index (χ2n) is 37.6. The smallest absolute Gasteiger partial charge is 0.0547 e. The van der Waals surface area contributed by atoms with Gasteiger partial charge in [0.2, 0.25) is 0 Å². The molecule has 138 heavy (non-hydrogen) atoms. The van der Waals surface area contributed by atoms with Crippen LogP contribution in [0, 0.1) is 0 Å². The van der Waals surface area contributed by atoms with Gasteiger partial charge < -0.3 is 9.13 Å². The van der Waals surface area contributed by atoms with Gasteiger partial charge in [-0.2, -0.15) is 0 Å². The van der Waals surface area contributed by atoms with Gasteiger partial charge in [-0.05, 0) is 367 Å². The van der Waals surface area contributed by atoms with E-state index in [-0.39, 0.29) is 0 Å². The minimum atomic E-state index is 1.16. The highest BCUT2D eigenvalue weighted by Gasteiger charge is 2.26. The molecule has 0 saturated carbocycles. The molecule has 0 aliphatic carbocycles. The summed E-state index contributed by atoms with van der Waals surface area (Å²) in [4.78, 5) is 0. The normalized spacial score (nSPS) is 12.1. The first-order valence-corrected chi connectivity index (χ1v) is 48.0. The van der Waals surface area contributed by atoms with Crippen LogP contribution < -0.4 is 0 Å². The highest BCUT2D eigenvalue weighted by Crippen LogP contribution is 2.52. The van der Waals surface area contributed by atoms with E-state index in [2.05, 4.69) is 507 Å². The molecular weight excluding hydrogens is 1660 g/mol. The molecule has 0 unspecified atom stereocenters. The average molecular weight is 1740 g/mol. The number of hydrogen-bond donors (Lipinski definition) is 0. The highest BCUT2D eigenvalue weighted by atomic mass is 15.0. The molecule has 0 aliphatic rings. The van der Waals surface area contributed by atoms with Gasteiger partial charge in [0.25, 0.3) is 0 Å². The Morgan fingerprint density at radius 3 is 0.761 bits per heavy atom. The van der Waals surface area contributed by atoms with E-state index in [0.717, 1.165) is 11.4 Å². The van der Waals surface area contributed by atoms with E-state index < -0.39 is 0 Å². The van der Waals surface area contributed by atoms with Crippen LogP contribution in [0.5, 0.6) is 0 Å². The average Bonchev–Trinajstić information content (AvgIpc) is 1.67. The van der Waals surface area contributed by atoms with Gasteiger partial charge in [-0.1, -0.05) is 370 Å². The molecule has 0 saturated heterocycles. The van der Waals surface area contributed by atoms with Gasteiger partial charge >= 0.3 is 0 Å². The zero-order valence-electron chi connectivity index (χ0n) is 75.2. The maximum Gasteiger partial charge on any atom is 0.0547 e. The third-order valence-corrected chi connectivity index (χ3v) is 30.0. The summed E-state index contributed by atoms with van der Waals surface area (Å²) in [5.74, 6) is 0. The molecule has 2 nitrogen and oxygen atoms in total. The number of hydrogen-bond acceptors (Lipinski definition) is 0. The Morgan fingerprint density at radius 1 is 0.109 bits per heavy atom. The number of fused-ring (bicyclic) bond motifs is 26. The number of benzene rings is 28. The van der Waals surface area contributed by atoms with Crippen LogP contribution in [0.25, 0.3) is 294 Å². The van der Waals surface area contributed by atoms with Crippen molar-refractivity contribution in [1.29, 1.82) is 0 Å². The van der Waals surface area contributed by atoms with Crippen molar-refractivity contribution in [2.24, 2.45) is 0 Å². The zero-order chi connectivity index (χ0) is 90.3. The largest absolute Gasteiger partial charge is 0.309 e. The molecule has 2 aromatic heterocycles. The van der Waals surface area contributed by atoms with Crippen molar-refractivity contribution in [2.75, 3.05) is 0 Å². The molecule has 0 spiro atoms. The fourth-order valence-corrected chi connectivity index (χ4v) is 23.7. The lowest BCUT2D eigenvalue weighted by atomic mass is 9.84. The van der Waals surface area contributed by atoms with Crippen LogP contribution in [0.2, 0.25) is 0 Å². The van der Waals surface area contributed by atoms with E-state index in [9.17, 15) is 0 Å². The first-order chi connectivity index (χ1) is 68.4. The van der Waals surface area contributed by atoms with Crippen molar-refractivity contribution < 1.29 is 0 Å². The molecular formula is C136H82N2. The highest BCUT2D eigenvalue weighted by molar-refractivity contribution is 6.32. The Bertz CT molecular complexity index is 10300. The molecule has 0 N–H and O–H groups in total. The van der Waals surface area contributed by atoms with Gasteiger partial charge in [-0.15, -0.1) is 0 Å². The van der Waals surface area contributed by atoms with Crippen molar-refractivity contribution >= 4 is 216 Å². The van der Waals surface area contributed by atoms with Gasteiger partial charge in [-0.3, -0.25) is 0 Å². The summed E-state index contributed by atoms with van der Waals surface area (Å²) in [6.45, 7) is 0. The van der Waals surface area contributed by atoms with Gasteiger partial charge in [0.1, 0.15) is 0 Å². The predicted octanol–water partition coefficient (Wildman–Crippen LogP) is 38.0. The molecule has 28 aromatic carbocycles. The van der Waals surface area contributed by atoms with E-state index in [4.69, 9.17) is 0 Å². The predicted molar refractivity (Wildman–Crippen MR) is 594 cm³/mol. The third kappa shape index (κ3) is 12.2. The minimum Gasteiger partial charge on any atom is -0.309 e. The van der Waals surface area contributed by atoms with Gasteiger partial charge in [0.05, 0.1) is 22.1 Å². The van der Waals surface area contributed by atoms with E-state index in [1.165, 1.54) is 283 Å². The Labute approximate surface area is 794 Å². The SMILES string of the molecule is c1ccc(-c2c3ccccc3c(-c3ccc4cc5cc(-n6c7ccc8ccccc8c7c7c8ccccc8ccc76)ccc5cc4c3)c3ccc(-c4ccc5cc6ccccc6cc5c4)cc23)cc1.c1ccc(-c2c3ccccc3c(-c3ccc4cc5cc(-n6c7ccc8ccccc8c7c7c8ccccc8ccc76)ccc5cc4c3)c3ccc(-c4cccc5cc6ccccc6cc45)cc23)cc1. The molecule has 0 fully saturated rings. The summed E-state index contributed by atoms with van der Waals surface area (Å²) >= 11 is 0. The lowest BCUT2D eigenvalue weighted by Crippen LogP contribution is -1.94. The first-order valence-electron chi connectivity index (χ1n) is 48.0. The van der Waals surface area contributed by atoms with E-state index in [1.807, 2.05) is 0 Å². The molecule has 30 rings (SSSR count). The van der Waals surface area contributed by atoms with Crippen molar-refractivity contribution in [3.05, 3.63) is 497 Å². The first kappa shape index (κ1) is 77.5. The summed E-state index contributed by atoms with van der Waals surface area (Å²) in [6.07, 6.45) is 0. The number of nitrogens with zero attached hydrogens (tertiary/aromatic N) is 2. The maximum atomic E-state index is 2.47. The standard InChI is InChI=1S/2C68H41N/c1-2-15-44(16-3-1)65-58-22-10-11-23-59(58)66(60-32-28-50(41-62(60)65)55-24-12-19-49-35-45-17-4-5-18-46(45)40-61(49)55)51-26-25-47-37-53-39-54(31-27-48(53)36-52(47)38-51)69-63-33-29-42-13-6-8-20-56(42)67(63)68-57-21-9-7-14-43(57)30-34-64(68)69;1-2-14-44(15-3-1)65-59-20-10-11-21-60(59)66(61-31-27-51(41-62(61)65)47-22-23-48-34-45-16-4-5-17-46(45)35-53(48)36-47)52-25-24-49-38-55-40-56(30-26-50(55)37-54(49)39-52)69-63-32-28-42-12-6-8-18-57(42)67(63)68-58-19-9-7-13-43(58)29-33-64(68)69/h2*1-41H. The molecule has 0 amide bonds. The summed E-state index contributed by atoms with van der Waals surface area (Å²) in [5.41, 5.74) is 22.0. The Balaban J connectivity index is 0.000000133. The Morgan fingerprint density at radius 2 is 0.362 bits per heavy atom. The summed E-state index contributed by atoms with van der Waals surface area (Å²) in [5, 5.41) is 45.3. The second kappa shape index (κ2) is 30.7. The van der Waals surface area contributed by atoms with Crippen molar-refractivity contribution in [1.82, 2.24) is 9.13 Å². The van der Waals surface area contributed by atoms with Crippen LogP contribution in [0.1, 0.15) is 0 Å². The molecule has 2 heteroatoms. The van der Waals surface area contributed by atoms with E-state index in [1.54, 1.807) is 0 Å². The quantitative estimate of drug-likeness (QED) is 0.134. The van der Waals surface area contributed by atoms with Gasteiger partial charge in [0, 0.05) is 32.9 Å². The maximum absolute atomic E-state index is 2.47.